The first-order chi connectivity index (χ1) is 24.0. The van der Waals surface area contributed by atoms with Crippen LogP contribution in [-0.4, -0.2) is 76.0 Å². The van der Waals surface area contributed by atoms with Gasteiger partial charge in [-0.15, -0.1) is 11.3 Å². The van der Waals surface area contributed by atoms with Crippen molar-refractivity contribution in [3.05, 3.63) is 79.8 Å². The number of thiophene rings is 1. The van der Waals surface area contributed by atoms with E-state index in [-0.39, 0.29) is 43.1 Å². The average Bonchev–Trinajstić information content (AvgIpc) is 3.50. The highest BCUT2D eigenvalue weighted by molar-refractivity contribution is 7.18. The minimum atomic E-state index is -5.08. The fourth-order valence-electron chi connectivity index (χ4n) is 6.21. The molecule has 0 bridgehead atoms. The van der Waals surface area contributed by atoms with Gasteiger partial charge in [-0.3, -0.25) is 19.2 Å². The summed E-state index contributed by atoms with van der Waals surface area (Å²) in [6.45, 7) is -0.368. The van der Waals surface area contributed by atoms with E-state index in [0.29, 0.717) is 32.7 Å². The maximum atomic E-state index is 14.4. The number of fused-ring (bicyclic) bond motifs is 2. The van der Waals surface area contributed by atoms with Crippen molar-refractivity contribution < 1.29 is 41.0 Å². The SMILES string of the molecule is Cc1nc2cc(C(F)(F)F)c(N3CCN(C)C(C(F)(F)F)C3)c(C#N)c2c(=O)n1CCOc1ccc(Cl)cc1-c1ccnc2c(C(=O)O)csc12. The molecule has 10 nitrogen and oxygen atoms in total. The normalized spacial score (nSPS) is 15.8. The van der Waals surface area contributed by atoms with E-state index >= 15 is 0 Å². The van der Waals surface area contributed by atoms with E-state index in [1.54, 1.807) is 30.3 Å². The van der Waals surface area contributed by atoms with Crippen LogP contribution in [0.15, 0.2) is 46.7 Å². The van der Waals surface area contributed by atoms with Gasteiger partial charge in [-0.25, -0.2) is 9.78 Å². The number of nitrogens with zero attached hydrogens (tertiary/aromatic N) is 6. The molecule has 1 aliphatic heterocycles. The van der Waals surface area contributed by atoms with Crippen molar-refractivity contribution in [2.45, 2.75) is 31.9 Å². The molecule has 0 radical (unpaired) electrons. The van der Waals surface area contributed by atoms with Gasteiger partial charge in [0.25, 0.3) is 5.56 Å². The molecule has 0 amide bonds. The molecule has 6 rings (SSSR count). The van der Waals surface area contributed by atoms with E-state index in [1.807, 2.05) is 0 Å². The molecule has 1 atom stereocenters. The first-order valence-corrected chi connectivity index (χ1v) is 16.4. The van der Waals surface area contributed by atoms with Gasteiger partial charge in [-0.1, -0.05) is 11.6 Å². The molecule has 18 heteroatoms. The third kappa shape index (κ3) is 6.66. The molecule has 2 aromatic carbocycles. The van der Waals surface area contributed by atoms with Gasteiger partial charge in [-0.05, 0) is 44.3 Å². The maximum Gasteiger partial charge on any atom is 0.418 e. The first-order valence-electron chi connectivity index (χ1n) is 15.1. The van der Waals surface area contributed by atoms with Crippen LogP contribution >= 0.6 is 22.9 Å². The lowest BCUT2D eigenvalue weighted by molar-refractivity contribution is -0.180. The lowest BCUT2D eigenvalue weighted by Gasteiger charge is -2.42. The molecule has 266 valence electrons. The number of aromatic carboxylic acids is 1. The van der Waals surface area contributed by atoms with Crippen LogP contribution in [0.25, 0.3) is 32.2 Å². The van der Waals surface area contributed by atoms with Gasteiger partial charge < -0.3 is 14.7 Å². The van der Waals surface area contributed by atoms with Crippen LogP contribution in [0.5, 0.6) is 5.75 Å². The maximum absolute atomic E-state index is 14.4. The lowest BCUT2D eigenvalue weighted by Crippen LogP contribution is -2.58. The van der Waals surface area contributed by atoms with Crippen molar-refractivity contribution in [1.82, 2.24) is 19.4 Å². The van der Waals surface area contributed by atoms with Gasteiger partial charge in [-0.2, -0.15) is 31.6 Å². The van der Waals surface area contributed by atoms with Crippen LogP contribution in [-0.2, 0) is 12.7 Å². The minimum absolute atomic E-state index is 0.00422. The van der Waals surface area contributed by atoms with E-state index in [2.05, 4.69) is 9.97 Å². The number of rotatable bonds is 7. The van der Waals surface area contributed by atoms with E-state index < -0.39 is 64.2 Å². The fraction of sp³-hybridized carbons (Fsp3) is 0.303. The first kappa shape index (κ1) is 35.9. The van der Waals surface area contributed by atoms with Crippen LogP contribution in [0.1, 0.15) is 27.3 Å². The number of pyridine rings is 1. The van der Waals surface area contributed by atoms with Crippen LogP contribution in [0, 0.1) is 18.3 Å². The number of anilines is 1. The molecule has 1 unspecified atom stereocenters. The summed E-state index contributed by atoms with van der Waals surface area (Å²) in [5.74, 6) is -0.834. The van der Waals surface area contributed by atoms with Crippen molar-refractivity contribution in [3.63, 3.8) is 0 Å². The molecule has 0 aliphatic carbocycles. The molecular formula is C33H25ClF6N6O4S. The molecule has 1 fully saturated rings. The highest BCUT2D eigenvalue weighted by Gasteiger charge is 2.47. The number of likely N-dealkylation sites (N-methyl/N-ethyl adjacent to an activating group) is 1. The standard InChI is InChI=1S/C33H25ClF6N6O4S/c1-16-43-23-12-22(32(35,36)37)28(45-8-7-44(2)25(14-45)33(38,39)40)20(13-41)26(23)30(47)46(16)9-10-50-24-4-3-17(34)11-19(24)18-5-6-42-27-21(31(48)49)15-51-29(18)27/h3-6,11-12,15,25H,7-10,14H2,1-2H3,(H,48,49). The van der Waals surface area contributed by atoms with Crippen LogP contribution < -0.4 is 15.2 Å². The zero-order valence-electron chi connectivity index (χ0n) is 26.6. The smallest absolute Gasteiger partial charge is 0.418 e. The van der Waals surface area contributed by atoms with Crippen LogP contribution in [0.4, 0.5) is 32.0 Å². The number of carboxylic acid groups (broad SMARTS) is 1. The Balaban J connectivity index is 1.39. The molecular weight excluding hydrogens is 726 g/mol. The van der Waals surface area contributed by atoms with Gasteiger partial charge in [0.15, 0.2) is 0 Å². The number of aryl methyl sites for hydroxylation is 1. The van der Waals surface area contributed by atoms with E-state index in [0.717, 1.165) is 14.4 Å². The number of hydrogen-bond acceptors (Lipinski definition) is 9. The van der Waals surface area contributed by atoms with Gasteiger partial charge >= 0.3 is 18.3 Å². The van der Waals surface area contributed by atoms with Crippen LogP contribution in [0.2, 0.25) is 5.02 Å². The molecule has 0 spiro atoms. The Labute approximate surface area is 293 Å². The summed E-state index contributed by atoms with van der Waals surface area (Å²) in [5, 5.41) is 21.1. The molecule has 1 N–H and O–H groups in total. The third-order valence-electron chi connectivity index (χ3n) is 8.66. The number of carbonyl (C=O) groups is 1. The third-order valence-corrected chi connectivity index (χ3v) is 9.90. The van der Waals surface area contributed by atoms with Crippen LogP contribution in [0.3, 0.4) is 0 Å². The Bertz CT molecular complexity index is 2300. The summed E-state index contributed by atoms with van der Waals surface area (Å²) in [6, 6.07) is 6.56. The Kier molecular flexibility index (Phi) is 9.38. The number of aromatic nitrogens is 3. The van der Waals surface area contributed by atoms with Crippen molar-refractivity contribution >= 4 is 55.7 Å². The van der Waals surface area contributed by atoms with Gasteiger partial charge in [0.05, 0.1) is 50.0 Å². The van der Waals surface area contributed by atoms with E-state index in [9.17, 15) is 46.3 Å². The summed E-state index contributed by atoms with van der Waals surface area (Å²) < 4.78 is 92.5. The molecule has 4 heterocycles. The van der Waals surface area contributed by atoms with Crippen molar-refractivity contribution in [1.29, 1.82) is 5.26 Å². The number of alkyl halides is 6. The molecule has 51 heavy (non-hydrogen) atoms. The summed E-state index contributed by atoms with van der Waals surface area (Å²) >= 11 is 7.47. The Hall–Kier alpha value is -4.92. The zero-order valence-corrected chi connectivity index (χ0v) is 28.1. The lowest BCUT2D eigenvalue weighted by atomic mass is 9.99. The van der Waals surface area contributed by atoms with Crippen molar-refractivity contribution in [2.24, 2.45) is 0 Å². The number of benzene rings is 2. The predicted octanol–water partition coefficient (Wildman–Crippen LogP) is 6.99. The highest BCUT2D eigenvalue weighted by Crippen LogP contribution is 2.43. The predicted molar refractivity (Wildman–Crippen MR) is 178 cm³/mol. The summed E-state index contributed by atoms with van der Waals surface area (Å²) in [7, 11) is 1.21. The van der Waals surface area contributed by atoms with Gasteiger partial charge in [0.1, 0.15) is 30.3 Å². The number of hydrogen-bond donors (Lipinski definition) is 1. The summed E-state index contributed by atoms with van der Waals surface area (Å²) in [6.07, 6.45) is -8.40. The quantitative estimate of drug-likeness (QED) is 0.175. The average molecular weight is 751 g/mol. The Morgan fingerprint density at radius 1 is 1.16 bits per heavy atom. The number of halogens is 7. The van der Waals surface area contributed by atoms with E-state index in [4.69, 9.17) is 16.3 Å². The largest absolute Gasteiger partial charge is 0.491 e. The molecule has 0 saturated carbocycles. The number of carboxylic acids is 1. The molecule has 5 aromatic rings. The Morgan fingerprint density at radius 2 is 1.90 bits per heavy atom. The minimum Gasteiger partial charge on any atom is -0.491 e. The number of ether oxygens (including phenoxy) is 1. The molecule has 1 saturated heterocycles. The zero-order chi connectivity index (χ0) is 37.0. The molecule has 3 aromatic heterocycles. The summed E-state index contributed by atoms with van der Waals surface area (Å²) in [5.41, 5.74) is -2.83. The van der Waals surface area contributed by atoms with Gasteiger partial charge in [0.2, 0.25) is 0 Å². The molecule has 1 aliphatic rings. The second-order valence-corrected chi connectivity index (χ2v) is 13.0. The van der Waals surface area contributed by atoms with Crippen molar-refractivity contribution in [2.75, 3.05) is 38.2 Å². The van der Waals surface area contributed by atoms with Crippen molar-refractivity contribution in [3.8, 4) is 22.9 Å². The number of piperazine rings is 1. The second kappa shape index (κ2) is 13.3. The monoisotopic (exact) mass is 750 g/mol. The Morgan fingerprint density at radius 3 is 2.57 bits per heavy atom. The number of nitriles is 1. The van der Waals surface area contributed by atoms with E-state index in [1.165, 1.54) is 36.9 Å². The second-order valence-electron chi connectivity index (χ2n) is 11.7. The summed E-state index contributed by atoms with van der Waals surface area (Å²) in [4.78, 5) is 35.9. The topological polar surface area (TPSA) is 125 Å². The van der Waals surface area contributed by atoms with Gasteiger partial charge in [0, 0.05) is 47.4 Å². The fourth-order valence-corrected chi connectivity index (χ4v) is 7.41. The highest BCUT2D eigenvalue weighted by atomic mass is 35.5.